The van der Waals surface area contributed by atoms with Crippen LogP contribution in [0.1, 0.15) is 26.7 Å². The summed E-state index contributed by atoms with van der Waals surface area (Å²) in [6.07, 6.45) is 1.04. The van der Waals surface area contributed by atoms with Crippen molar-refractivity contribution in [3.8, 4) is 0 Å². The lowest BCUT2D eigenvalue weighted by Gasteiger charge is -2.16. The van der Waals surface area contributed by atoms with Gasteiger partial charge in [-0.3, -0.25) is 9.59 Å². The maximum Gasteiger partial charge on any atom is 0.308 e. The van der Waals surface area contributed by atoms with Crippen molar-refractivity contribution in [2.24, 2.45) is 11.8 Å². The maximum atomic E-state index is 11.4. The smallest absolute Gasteiger partial charge is 0.308 e. The summed E-state index contributed by atoms with van der Waals surface area (Å²) in [5, 5.41) is 8.50. The first kappa shape index (κ1) is 14.9. The number of aliphatic hydroxyl groups is 1. The lowest BCUT2D eigenvalue weighted by Crippen LogP contribution is -2.24. The molecule has 1 N–H and O–H groups in total. The second-order valence-corrected chi connectivity index (χ2v) is 3.66. The van der Waals surface area contributed by atoms with Crippen LogP contribution in [-0.2, 0) is 19.1 Å². The maximum absolute atomic E-state index is 11.4. The average Bonchev–Trinajstić information content (AvgIpc) is 2.31. The van der Waals surface area contributed by atoms with Crippen LogP contribution in [0.25, 0.3) is 0 Å². The van der Waals surface area contributed by atoms with Crippen molar-refractivity contribution in [2.45, 2.75) is 26.7 Å². The van der Waals surface area contributed by atoms with Gasteiger partial charge in [0.15, 0.2) is 0 Å². The number of aliphatic hydroxyl groups excluding tert-OH is 1. The van der Waals surface area contributed by atoms with E-state index >= 15 is 0 Å². The van der Waals surface area contributed by atoms with Gasteiger partial charge in [0.25, 0.3) is 0 Å². The van der Waals surface area contributed by atoms with E-state index in [0.717, 1.165) is 0 Å². The van der Waals surface area contributed by atoms with Gasteiger partial charge in [-0.1, -0.05) is 13.8 Å². The summed E-state index contributed by atoms with van der Waals surface area (Å²) in [4.78, 5) is 22.7. The predicted molar refractivity (Wildman–Crippen MR) is 57.6 cm³/mol. The van der Waals surface area contributed by atoms with Gasteiger partial charge in [0.2, 0.25) is 0 Å². The molecule has 5 heteroatoms. The van der Waals surface area contributed by atoms with Crippen LogP contribution < -0.4 is 0 Å². The lowest BCUT2D eigenvalue weighted by molar-refractivity contribution is -0.151. The first-order valence-electron chi connectivity index (χ1n) is 5.42. The van der Waals surface area contributed by atoms with E-state index in [1.165, 1.54) is 7.11 Å². The molecular formula is C11H20O5. The Morgan fingerprint density at radius 1 is 1.31 bits per heavy atom. The Labute approximate surface area is 95.7 Å². The number of methoxy groups -OCH3 is 1. The highest BCUT2D eigenvalue weighted by Gasteiger charge is 2.24. The zero-order chi connectivity index (χ0) is 12.6. The van der Waals surface area contributed by atoms with Gasteiger partial charge in [-0.25, -0.2) is 0 Å². The highest BCUT2D eigenvalue weighted by Crippen LogP contribution is 2.18. The molecule has 0 radical (unpaired) electrons. The van der Waals surface area contributed by atoms with Crippen molar-refractivity contribution in [1.29, 1.82) is 0 Å². The molecule has 0 heterocycles. The number of ether oxygens (including phenoxy) is 2. The number of hydrogen-bond donors (Lipinski definition) is 1. The summed E-state index contributed by atoms with van der Waals surface area (Å²) in [6.45, 7) is 3.38. The minimum Gasteiger partial charge on any atom is -0.469 e. The Balaban J connectivity index is 4.13. The summed E-state index contributed by atoms with van der Waals surface area (Å²) in [7, 11) is 1.33. The summed E-state index contributed by atoms with van der Waals surface area (Å²) in [5.41, 5.74) is 0. The molecule has 0 aromatic heterocycles. The molecule has 0 saturated carbocycles. The fraction of sp³-hybridized carbons (Fsp3) is 0.818. The number of hydrogen-bond acceptors (Lipinski definition) is 5. The van der Waals surface area contributed by atoms with Gasteiger partial charge in [0.1, 0.15) is 6.61 Å². The Kier molecular flexibility index (Phi) is 7.54. The fourth-order valence-electron chi connectivity index (χ4n) is 1.41. The van der Waals surface area contributed by atoms with E-state index in [4.69, 9.17) is 9.84 Å². The molecule has 0 saturated heterocycles. The van der Waals surface area contributed by atoms with E-state index < -0.39 is 5.97 Å². The monoisotopic (exact) mass is 232 g/mol. The zero-order valence-electron chi connectivity index (χ0n) is 10.1. The Hall–Kier alpha value is -1.10. The molecule has 0 amide bonds. The van der Waals surface area contributed by atoms with Crippen LogP contribution in [0.3, 0.4) is 0 Å². The second-order valence-electron chi connectivity index (χ2n) is 3.66. The molecular weight excluding hydrogens is 212 g/mol. The molecule has 0 aromatic rings. The number of carbonyl (C=O) groups is 2. The van der Waals surface area contributed by atoms with E-state index in [0.29, 0.717) is 12.8 Å². The third kappa shape index (κ3) is 5.11. The Morgan fingerprint density at radius 2 is 1.94 bits per heavy atom. The van der Waals surface area contributed by atoms with Gasteiger partial charge in [-0.2, -0.15) is 0 Å². The van der Waals surface area contributed by atoms with Crippen LogP contribution in [0.5, 0.6) is 0 Å². The van der Waals surface area contributed by atoms with Crippen LogP contribution in [0.15, 0.2) is 0 Å². The molecule has 5 nitrogen and oxygen atoms in total. The Bertz CT molecular complexity index is 226. The normalized spacial score (nSPS) is 14.0. The highest BCUT2D eigenvalue weighted by molar-refractivity contribution is 5.75. The van der Waals surface area contributed by atoms with Gasteiger partial charge in [-0.05, 0) is 12.8 Å². The summed E-state index contributed by atoms with van der Waals surface area (Å²) >= 11 is 0. The molecule has 0 aromatic carbocycles. The molecule has 0 fully saturated rings. The second kappa shape index (κ2) is 8.10. The number of esters is 2. The zero-order valence-corrected chi connectivity index (χ0v) is 10.1. The number of carbonyl (C=O) groups excluding carboxylic acids is 2. The van der Waals surface area contributed by atoms with Gasteiger partial charge >= 0.3 is 11.9 Å². The Morgan fingerprint density at radius 3 is 2.38 bits per heavy atom. The predicted octanol–water partition coefficient (Wildman–Crippen LogP) is 0.747. The molecule has 0 aliphatic carbocycles. The summed E-state index contributed by atoms with van der Waals surface area (Å²) in [6, 6.07) is 0. The summed E-state index contributed by atoms with van der Waals surface area (Å²) in [5.74, 6) is -1.34. The highest BCUT2D eigenvalue weighted by atomic mass is 16.5. The first-order chi connectivity index (χ1) is 7.56. The van der Waals surface area contributed by atoms with Crippen LogP contribution in [0.2, 0.25) is 0 Å². The third-order valence-electron chi connectivity index (χ3n) is 2.40. The largest absolute Gasteiger partial charge is 0.469 e. The van der Waals surface area contributed by atoms with Gasteiger partial charge in [0, 0.05) is 0 Å². The molecule has 2 atom stereocenters. The molecule has 94 valence electrons. The molecule has 0 bridgehead atoms. The minimum absolute atomic E-state index is 0.00180. The van der Waals surface area contributed by atoms with Crippen LogP contribution in [0.4, 0.5) is 0 Å². The van der Waals surface area contributed by atoms with Gasteiger partial charge in [-0.15, -0.1) is 0 Å². The van der Waals surface area contributed by atoms with E-state index in [1.807, 2.05) is 6.92 Å². The first-order valence-corrected chi connectivity index (χ1v) is 5.42. The lowest BCUT2D eigenvalue weighted by atomic mass is 9.94. The molecule has 0 aliphatic rings. The van der Waals surface area contributed by atoms with Crippen LogP contribution in [0, 0.1) is 11.8 Å². The fourth-order valence-corrected chi connectivity index (χ4v) is 1.41. The van der Waals surface area contributed by atoms with Crippen LogP contribution in [-0.4, -0.2) is 37.4 Å². The van der Waals surface area contributed by atoms with Crippen molar-refractivity contribution in [1.82, 2.24) is 0 Å². The van der Waals surface area contributed by atoms with E-state index in [1.54, 1.807) is 6.92 Å². The standard InChI is InChI=1S/C11H20O5/c1-4-9(11(14)15-3)7-8(2)10(13)16-6-5-12/h8-9,12H,4-7H2,1-3H3. The number of rotatable bonds is 7. The van der Waals surface area contributed by atoms with Crippen molar-refractivity contribution < 1.29 is 24.2 Å². The minimum atomic E-state index is -0.392. The van der Waals surface area contributed by atoms with Crippen molar-refractivity contribution in [2.75, 3.05) is 20.3 Å². The van der Waals surface area contributed by atoms with E-state index in [2.05, 4.69) is 4.74 Å². The quantitative estimate of drug-likeness (QED) is 0.656. The van der Waals surface area contributed by atoms with Crippen molar-refractivity contribution >= 4 is 11.9 Å². The van der Waals surface area contributed by atoms with Gasteiger partial charge < -0.3 is 14.6 Å². The summed E-state index contributed by atoms with van der Waals surface area (Å²) < 4.78 is 9.40. The average molecular weight is 232 g/mol. The van der Waals surface area contributed by atoms with E-state index in [-0.39, 0.29) is 31.0 Å². The third-order valence-corrected chi connectivity index (χ3v) is 2.40. The topological polar surface area (TPSA) is 72.8 Å². The molecule has 0 rings (SSSR count). The van der Waals surface area contributed by atoms with Crippen LogP contribution >= 0.6 is 0 Å². The SMILES string of the molecule is CCC(CC(C)C(=O)OCCO)C(=O)OC. The van der Waals surface area contributed by atoms with Crippen molar-refractivity contribution in [3.05, 3.63) is 0 Å². The van der Waals surface area contributed by atoms with Gasteiger partial charge in [0.05, 0.1) is 25.6 Å². The van der Waals surface area contributed by atoms with Crippen molar-refractivity contribution in [3.63, 3.8) is 0 Å². The molecule has 16 heavy (non-hydrogen) atoms. The van der Waals surface area contributed by atoms with E-state index in [9.17, 15) is 9.59 Å². The molecule has 2 unspecified atom stereocenters. The molecule has 0 aliphatic heterocycles. The molecule has 0 spiro atoms.